The van der Waals surface area contributed by atoms with E-state index in [4.69, 9.17) is 4.74 Å². The summed E-state index contributed by atoms with van der Waals surface area (Å²) in [7, 11) is 0. The summed E-state index contributed by atoms with van der Waals surface area (Å²) < 4.78 is 6.10. The molecule has 1 unspecified atom stereocenters. The van der Waals surface area contributed by atoms with E-state index in [9.17, 15) is 5.11 Å². The molecule has 0 aliphatic carbocycles. The summed E-state index contributed by atoms with van der Waals surface area (Å²) >= 11 is 2.04. The van der Waals surface area contributed by atoms with Crippen molar-refractivity contribution in [2.45, 2.75) is 63.6 Å². The molecule has 2 heterocycles. The van der Waals surface area contributed by atoms with E-state index >= 15 is 0 Å². The molecule has 2 fully saturated rings. The Hall–Kier alpha value is 0.270. The molecule has 2 rings (SSSR count). The highest BCUT2D eigenvalue weighted by Gasteiger charge is 2.44. The van der Waals surface area contributed by atoms with Crippen LogP contribution >= 0.6 is 11.8 Å². The fourth-order valence-electron chi connectivity index (χ4n) is 3.41. The lowest BCUT2D eigenvalue weighted by Crippen LogP contribution is -2.49. The third-order valence-electron chi connectivity index (χ3n) is 4.88. The van der Waals surface area contributed by atoms with Gasteiger partial charge in [-0.2, -0.15) is 11.8 Å². The van der Waals surface area contributed by atoms with Crippen LogP contribution in [0, 0.1) is 5.92 Å². The maximum absolute atomic E-state index is 10.7. The summed E-state index contributed by atoms with van der Waals surface area (Å²) in [4.78, 5) is 0. The number of ether oxygens (including phenoxy) is 1. The number of aliphatic hydroxyl groups is 1. The van der Waals surface area contributed by atoms with Crippen LogP contribution in [0.4, 0.5) is 0 Å². The summed E-state index contributed by atoms with van der Waals surface area (Å²) in [6.07, 6.45) is 6.21. The van der Waals surface area contributed by atoms with Crippen molar-refractivity contribution in [2.75, 3.05) is 18.1 Å². The fraction of sp³-hybridized carbons (Fsp3) is 1.00. The van der Waals surface area contributed by atoms with Crippen LogP contribution in [0.3, 0.4) is 0 Å². The standard InChI is InChI=1S/C14H26O2S/c1-3-14(15,4-2)12-5-8-16-13(11-12)6-9-17-10-7-13/h12,15H,3-11H2,1-2H3. The molecule has 17 heavy (non-hydrogen) atoms. The third-order valence-corrected chi connectivity index (χ3v) is 5.87. The van der Waals surface area contributed by atoms with Gasteiger partial charge in [-0.15, -0.1) is 0 Å². The van der Waals surface area contributed by atoms with Crippen LogP contribution in [0.5, 0.6) is 0 Å². The Balaban J connectivity index is 2.05. The van der Waals surface area contributed by atoms with Crippen molar-refractivity contribution in [2.24, 2.45) is 5.92 Å². The zero-order valence-electron chi connectivity index (χ0n) is 11.2. The first-order valence-electron chi connectivity index (χ1n) is 7.08. The maximum atomic E-state index is 10.7. The summed E-state index contributed by atoms with van der Waals surface area (Å²) in [6, 6.07) is 0. The summed E-state index contributed by atoms with van der Waals surface area (Å²) in [5, 5.41) is 10.7. The van der Waals surface area contributed by atoms with E-state index in [-0.39, 0.29) is 5.60 Å². The highest BCUT2D eigenvalue weighted by Crippen LogP contribution is 2.44. The molecule has 0 bridgehead atoms. The van der Waals surface area contributed by atoms with Gasteiger partial charge in [-0.1, -0.05) is 13.8 Å². The minimum atomic E-state index is -0.457. The average Bonchev–Trinajstić information content (AvgIpc) is 2.39. The molecule has 2 aliphatic heterocycles. The zero-order chi connectivity index (χ0) is 12.4. The lowest BCUT2D eigenvalue weighted by Gasteiger charge is -2.47. The Morgan fingerprint density at radius 2 is 1.94 bits per heavy atom. The molecule has 2 aliphatic rings. The van der Waals surface area contributed by atoms with E-state index < -0.39 is 5.60 Å². The van der Waals surface area contributed by atoms with E-state index in [0.717, 1.165) is 32.3 Å². The molecule has 1 N–H and O–H groups in total. The predicted octanol–water partition coefficient (Wildman–Crippen LogP) is 3.23. The predicted molar refractivity (Wildman–Crippen MR) is 73.5 cm³/mol. The van der Waals surface area contributed by atoms with Gasteiger partial charge in [0.2, 0.25) is 0 Å². The molecule has 0 saturated carbocycles. The summed E-state index contributed by atoms with van der Waals surface area (Å²) in [6.45, 7) is 5.07. The molecular formula is C14H26O2S. The first kappa shape index (κ1) is 13.7. The van der Waals surface area contributed by atoms with Crippen LogP contribution in [0.25, 0.3) is 0 Å². The molecule has 2 nitrogen and oxygen atoms in total. The monoisotopic (exact) mass is 258 g/mol. The molecule has 0 aromatic carbocycles. The molecule has 2 saturated heterocycles. The lowest BCUT2D eigenvalue weighted by atomic mass is 9.72. The van der Waals surface area contributed by atoms with Crippen LogP contribution in [-0.4, -0.2) is 34.4 Å². The smallest absolute Gasteiger partial charge is 0.0702 e. The topological polar surface area (TPSA) is 29.5 Å². The van der Waals surface area contributed by atoms with Crippen molar-refractivity contribution < 1.29 is 9.84 Å². The van der Waals surface area contributed by atoms with Crippen molar-refractivity contribution in [3.8, 4) is 0 Å². The van der Waals surface area contributed by atoms with Gasteiger partial charge in [-0.3, -0.25) is 0 Å². The second-order valence-corrected chi connectivity index (χ2v) is 6.87. The van der Waals surface area contributed by atoms with Crippen molar-refractivity contribution >= 4 is 11.8 Å². The Labute approximate surface area is 110 Å². The first-order valence-corrected chi connectivity index (χ1v) is 8.24. The molecule has 1 spiro atoms. The zero-order valence-corrected chi connectivity index (χ0v) is 12.0. The van der Waals surface area contributed by atoms with Gasteiger partial charge >= 0.3 is 0 Å². The molecule has 0 amide bonds. The quantitative estimate of drug-likeness (QED) is 0.843. The van der Waals surface area contributed by atoms with Gasteiger partial charge in [0.15, 0.2) is 0 Å². The third kappa shape index (κ3) is 2.82. The molecule has 100 valence electrons. The van der Waals surface area contributed by atoms with Gasteiger partial charge in [-0.25, -0.2) is 0 Å². The molecule has 3 heteroatoms. The number of rotatable bonds is 3. The summed E-state index contributed by atoms with van der Waals surface area (Å²) in [5.74, 6) is 2.89. The number of thioether (sulfide) groups is 1. The Morgan fingerprint density at radius 3 is 2.53 bits per heavy atom. The van der Waals surface area contributed by atoms with Crippen LogP contribution in [-0.2, 0) is 4.74 Å². The van der Waals surface area contributed by atoms with Crippen molar-refractivity contribution in [1.82, 2.24) is 0 Å². The summed E-state index contributed by atoms with van der Waals surface area (Å²) in [5.41, 5.74) is -0.353. The molecule has 1 atom stereocenters. The molecule has 0 radical (unpaired) electrons. The van der Waals surface area contributed by atoms with Crippen LogP contribution in [0.2, 0.25) is 0 Å². The van der Waals surface area contributed by atoms with Crippen molar-refractivity contribution in [1.29, 1.82) is 0 Å². The first-order chi connectivity index (χ1) is 8.14. The Kier molecular flexibility index (Phi) is 4.43. The average molecular weight is 258 g/mol. The largest absolute Gasteiger partial charge is 0.390 e. The van der Waals surface area contributed by atoms with Gasteiger partial charge in [0.25, 0.3) is 0 Å². The molecule has 0 aromatic rings. The van der Waals surface area contributed by atoms with Gasteiger partial charge in [0.05, 0.1) is 11.2 Å². The highest BCUT2D eigenvalue weighted by atomic mass is 32.2. The van der Waals surface area contributed by atoms with Crippen LogP contribution < -0.4 is 0 Å². The SMILES string of the molecule is CCC(O)(CC)C1CCOC2(CCSCC2)C1. The Morgan fingerprint density at radius 1 is 1.29 bits per heavy atom. The van der Waals surface area contributed by atoms with E-state index in [1.54, 1.807) is 0 Å². The van der Waals surface area contributed by atoms with Crippen LogP contribution in [0.1, 0.15) is 52.4 Å². The minimum absolute atomic E-state index is 0.104. The second-order valence-electron chi connectivity index (χ2n) is 5.64. The fourth-order valence-corrected chi connectivity index (χ4v) is 4.64. The maximum Gasteiger partial charge on any atom is 0.0702 e. The molecular weight excluding hydrogens is 232 g/mol. The van der Waals surface area contributed by atoms with Crippen LogP contribution in [0.15, 0.2) is 0 Å². The van der Waals surface area contributed by atoms with Gasteiger partial charge in [0.1, 0.15) is 0 Å². The Bertz CT molecular complexity index is 239. The van der Waals surface area contributed by atoms with E-state index in [2.05, 4.69) is 13.8 Å². The van der Waals surface area contributed by atoms with E-state index in [1.165, 1.54) is 24.3 Å². The molecule has 0 aromatic heterocycles. The highest BCUT2D eigenvalue weighted by molar-refractivity contribution is 7.99. The minimum Gasteiger partial charge on any atom is -0.390 e. The van der Waals surface area contributed by atoms with Gasteiger partial charge in [-0.05, 0) is 55.9 Å². The lowest BCUT2D eigenvalue weighted by molar-refractivity contribution is -0.148. The number of hydrogen-bond acceptors (Lipinski definition) is 3. The van der Waals surface area contributed by atoms with Gasteiger partial charge in [0, 0.05) is 6.61 Å². The van der Waals surface area contributed by atoms with E-state index in [0.29, 0.717) is 5.92 Å². The van der Waals surface area contributed by atoms with Crippen molar-refractivity contribution in [3.05, 3.63) is 0 Å². The van der Waals surface area contributed by atoms with E-state index in [1.807, 2.05) is 11.8 Å². The normalized spacial score (nSPS) is 29.5. The van der Waals surface area contributed by atoms with Crippen molar-refractivity contribution in [3.63, 3.8) is 0 Å². The number of hydrogen-bond donors (Lipinski definition) is 1. The van der Waals surface area contributed by atoms with Gasteiger partial charge < -0.3 is 9.84 Å². The second kappa shape index (κ2) is 5.50.